The summed E-state index contributed by atoms with van der Waals surface area (Å²) in [5.41, 5.74) is 5.50. The van der Waals surface area contributed by atoms with E-state index in [4.69, 9.17) is 0 Å². The molecule has 0 bridgehead atoms. The van der Waals surface area contributed by atoms with Crippen LogP contribution in [0.5, 0.6) is 0 Å². The van der Waals surface area contributed by atoms with Gasteiger partial charge in [0, 0.05) is 17.1 Å². The number of hydrogen-bond donors (Lipinski definition) is 0. The molecule has 0 radical (unpaired) electrons. The lowest BCUT2D eigenvalue weighted by atomic mass is 10.1. The molecule has 0 N–H and O–H groups in total. The molecule has 0 amide bonds. The second kappa shape index (κ2) is 4.11. The normalized spacial score (nSPS) is 10.9. The Balaban J connectivity index is 2.56. The number of rotatable bonds is 0. The van der Waals surface area contributed by atoms with E-state index in [-0.39, 0.29) is 0 Å². The van der Waals surface area contributed by atoms with Crippen LogP contribution in [0.2, 0.25) is 19.6 Å². The second-order valence-electron chi connectivity index (χ2n) is 4.88. The predicted octanol–water partition coefficient (Wildman–Crippen LogP) is 3.46. The third kappa shape index (κ3) is 2.50. The van der Waals surface area contributed by atoms with Crippen molar-refractivity contribution in [1.29, 1.82) is 0 Å². The van der Waals surface area contributed by atoms with Crippen molar-refractivity contribution in [1.82, 2.24) is 4.98 Å². The van der Waals surface area contributed by atoms with Gasteiger partial charge < -0.3 is 0 Å². The fraction of sp³-hybridized carbons (Fsp3) is 0.214. The summed E-state index contributed by atoms with van der Waals surface area (Å²) >= 11 is 0. The molecule has 0 aliphatic carbocycles. The highest BCUT2D eigenvalue weighted by Gasteiger charge is 2.07. The Kier molecular flexibility index (Phi) is 2.80. The highest BCUT2D eigenvalue weighted by atomic mass is 28.3. The summed E-state index contributed by atoms with van der Waals surface area (Å²) in [6.07, 6.45) is 1.82. The van der Waals surface area contributed by atoms with Crippen LogP contribution in [0.15, 0.2) is 36.5 Å². The first-order valence-electron chi connectivity index (χ1n) is 5.43. The maximum absolute atomic E-state index is 4.33. The van der Waals surface area contributed by atoms with Crippen LogP contribution in [0.4, 0.5) is 0 Å². The summed E-state index contributed by atoms with van der Waals surface area (Å²) in [5, 5.41) is 1.15. The Morgan fingerprint density at radius 3 is 2.62 bits per heavy atom. The summed E-state index contributed by atoms with van der Waals surface area (Å²) in [6, 6.07) is 10.1. The zero-order valence-electron chi connectivity index (χ0n) is 9.91. The average Bonchev–Trinajstić information content (AvgIpc) is 2.25. The molecule has 0 fully saturated rings. The van der Waals surface area contributed by atoms with Crippen LogP contribution in [-0.4, -0.2) is 13.1 Å². The van der Waals surface area contributed by atoms with Crippen molar-refractivity contribution in [3.8, 4) is 11.5 Å². The first-order chi connectivity index (χ1) is 7.56. The van der Waals surface area contributed by atoms with Crippen LogP contribution in [0.3, 0.4) is 0 Å². The lowest BCUT2D eigenvalue weighted by Gasteiger charge is -2.04. The van der Waals surface area contributed by atoms with Gasteiger partial charge in [0.15, 0.2) is 0 Å². The van der Waals surface area contributed by atoms with E-state index in [1.54, 1.807) is 0 Å². The maximum atomic E-state index is 4.33. The van der Waals surface area contributed by atoms with Crippen LogP contribution < -0.4 is 0 Å². The maximum Gasteiger partial charge on any atom is 0.129 e. The van der Waals surface area contributed by atoms with Gasteiger partial charge >= 0.3 is 0 Å². The molecule has 1 aromatic heterocycles. The molecule has 0 aliphatic heterocycles. The zero-order chi connectivity index (χ0) is 11.6. The molecule has 0 saturated carbocycles. The van der Waals surface area contributed by atoms with Crippen molar-refractivity contribution in [3.63, 3.8) is 0 Å². The summed E-state index contributed by atoms with van der Waals surface area (Å²) in [5.74, 6) is 3.30. The first kappa shape index (κ1) is 10.9. The predicted molar refractivity (Wildman–Crippen MR) is 72.0 cm³/mol. The minimum atomic E-state index is -1.31. The molecule has 0 aliphatic rings. The number of nitrogens with zero attached hydrogens (tertiary/aromatic N) is 1. The van der Waals surface area contributed by atoms with Gasteiger partial charge in [-0.15, -0.1) is 5.54 Å². The van der Waals surface area contributed by atoms with Gasteiger partial charge in [0.2, 0.25) is 0 Å². The van der Waals surface area contributed by atoms with Crippen molar-refractivity contribution in [2.24, 2.45) is 0 Å². The van der Waals surface area contributed by atoms with E-state index in [0.717, 1.165) is 16.5 Å². The molecule has 2 aromatic rings. The fourth-order valence-corrected chi connectivity index (χ4v) is 1.98. The number of pyridine rings is 1. The van der Waals surface area contributed by atoms with Crippen LogP contribution in [0.25, 0.3) is 10.9 Å². The number of benzene rings is 1. The minimum absolute atomic E-state index is 1.02. The monoisotopic (exact) mass is 225 g/mol. The summed E-state index contributed by atoms with van der Waals surface area (Å²) in [7, 11) is -1.31. The van der Waals surface area contributed by atoms with Crippen LogP contribution >= 0.6 is 0 Å². The number of hydrogen-bond acceptors (Lipinski definition) is 1. The van der Waals surface area contributed by atoms with Gasteiger partial charge in [-0.1, -0.05) is 37.7 Å². The Morgan fingerprint density at radius 2 is 1.88 bits per heavy atom. The summed E-state index contributed by atoms with van der Waals surface area (Å²) < 4.78 is 0. The van der Waals surface area contributed by atoms with Crippen LogP contribution in [-0.2, 0) is 0 Å². The van der Waals surface area contributed by atoms with E-state index in [0.29, 0.717) is 0 Å². The molecular weight excluding hydrogens is 210 g/mol. The number of fused-ring (bicyclic) bond motifs is 1. The van der Waals surface area contributed by atoms with Crippen molar-refractivity contribution < 1.29 is 0 Å². The SMILES string of the molecule is C[Si](C)(C)C#Cc1cccc2ncccc12. The van der Waals surface area contributed by atoms with Gasteiger partial charge in [-0.2, -0.15) is 0 Å². The average molecular weight is 225 g/mol. The Hall–Kier alpha value is -1.59. The molecule has 80 valence electrons. The number of aromatic nitrogens is 1. The topological polar surface area (TPSA) is 12.9 Å². The van der Waals surface area contributed by atoms with E-state index >= 15 is 0 Å². The fourth-order valence-electron chi connectivity index (χ4n) is 1.47. The largest absolute Gasteiger partial charge is 0.256 e. The van der Waals surface area contributed by atoms with Gasteiger partial charge in [-0.25, -0.2) is 0 Å². The zero-order valence-corrected chi connectivity index (χ0v) is 10.9. The second-order valence-corrected chi connectivity index (χ2v) is 9.63. The van der Waals surface area contributed by atoms with Crippen molar-refractivity contribution in [3.05, 3.63) is 42.1 Å². The van der Waals surface area contributed by atoms with E-state index in [2.05, 4.69) is 48.2 Å². The highest BCUT2D eigenvalue weighted by Crippen LogP contribution is 2.15. The molecule has 0 spiro atoms. The Labute approximate surface area is 97.5 Å². The molecule has 1 nitrogen and oxygen atoms in total. The molecule has 2 rings (SSSR count). The molecule has 16 heavy (non-hydrogen) atoms. The van der Waals surface area contributed by atoms with E-state index in [1.807, 2.05) is 24.4 Å². The molecule has 1 aromatic carbocycles. The molecule has 0 atom stereocenters. The summed E-state index contributed by atoms with van der Waals surface area (Å²) in [4.78, 5) is 4.33. The van der Waals surface area contributed by atoms with Gasteiger partial charge in [0.05, 0.1) is 5.52 Å². The standard InChI is InChI=1S/C14H15NSi/c1-16(2,3)11-9-12-6-4-8-14-13(12)7-5-10-15-14/h4-8,10H,1-3H3. The van der Waals surface area contributed by atoms with Crippen LogP contribution in [0.1, 0.15) is 5.56 Å². The lowest BCUT2D eigenvalue weighted by molar-refractivity contribution is 1.41. The smallest absolute Gasteiger partial charge is 0.129 e. The summed E-state index contributed by atoms with van der Waals surface area (Å²) in [6.45, 7) is 6.76. The third-order valence-electron chi connectivity index (χ3n) is 2.22. The van der Waals surface area contributed by atoms with Gasteiger partial charge in [-0.3, -0.25) is 4.98 Å². The van der Waals surface area contributed by atoms with Gasteiger partial charge in [0.25, 0.3) is 0 Å². The molecule has 1 heterocycles. The molecule has 2 heteroatoms. The van der Waals surface area contributed by atoms with Crippen molar-refractivity contribution >= 4 is 19.0 Å². The minimum Gasteiger partial charge on any atom is -0.256 e. The lowest BCUT2D eigenvalue weighted by Crippen LogP contribution is -2.16. The van der Waals surface area contributed by atoms with Gasteiger partial charge in [0.1, 0.15) is 8.07 Å². The van der Waals surface area contributed by atoms with Crippen molar-refractivity contribution in [2.45, 2.75) is 19.6 Å². The highest BCUT2D eigenvalue weighted by molar-refractivity contribution is 6.83. The molecule has 0 saturated heterocycles. The van der Waals surface area contributed by atoms with Crippen molar-refractivity contribution in [2.75, 3.05) is 0 Å². The first-order valence-corrected chi connectivity index (χ1v) is 8.93. The van der Waals surface area contributed by atoms with E-state index in [1.165, 1.54) is 0 Å². The Bertz CT molecular complexity index is 565. The van der Waals surface area contributed by atoms with E-state index in [9.17, 15) is 0 Å². The van der Waals surface area contributed by atoms with E-state index < -0.39 is 8.07 Å². The quantitative estimate of drug-likeness (QED) is 0.494. The molecular formula is C14H15NSi. The Morgan fingerprint density at radius 1 is 1.06 bits per heavy atom. The van der Waals surface area contributed by atoms with Gasteiger partial charge in [-0.05, 0) is 18.2 Å². The molecule has 0 unspecified atom stereocenters. The van der Waals surface area contributed by atoms with Crippen LogP contribution in [0, 0.1) is 11.5 Å². The third-order valence-corrected chi connectivity index (χ3v) is 3.09.